The van der Waals surface area contributed by atoms with E-state index in [-0.39, 0.29) is 18.4 Å². The molecule has 1 aliphatic rings. The minimum absolute atomic E-state index is 0.0941. The molecule has 6 heteroatoms. The molecular weight excluding hydrogens is 334 g/mol. The number of hydrogen-bond donors (Lipinski definition) is 2. The van der Waals surface area contributed by atoms with Crippen LogP contribution in [0.2, 0.25) is 0 Å². The van der Waals surface area contributed by atoms with E-state index in [1.807, 2.05) is 18.2 Å². The Hall–Kier alpha value is -1.74. The summed E-state index contributed by atoms with van der Waals surface area (Å²) in [5.74, 6) is 0.732. The lowest BCUT2D eigenvalue weighted by Gasteiger charge is -2.23. The van der Waals surface area contributed by atoms with Crippen LogP contribution in [0.15, 0.2) is 22.7 Å². The highest BCUT2D eigenvalue weighted by Gasteiger charge is 2.42. The molecule has 1 saturated carbocycles. The molecule has 0 unspecified atom stereocenters. The van der Waals surface area contributed by atoms with E-state index in [0.717, 1.165) is 23.0 Å². The quantitative estimate of drug-likeness (QED) is 0.826. The standard InChI is InChI=1S/C15H18BrN3O2/c1-15(9-17,10-3-4-10)19-14(20)8-18-12-7-11(16)5-6-13(12)21-2/h5-7,10,18H,3-4,8H2,1-2H3,(H,19,20)/t15-/m1/s1. The molecule has 0 aromatic heterocycles. The number of benzene rings is 1. The summed E-state index contributed by atoms with van der Waals surface area (Å²) in [7, 11) is 1.58. The SMILES string of the molecule is COc1ccc(Br)cc1NCC(=O)N[C@](C)(C#N)C1CC1. The molecule has 1 atom stereocenters. The van der Waals surface area contributed by atoms with Crippen LogP contribution in [0.5, 0.6) is 5.75 Å². The van der Waals surface area contributed by atoms with Gasteiger partial charge in [-0.05, 0) is 43.9 Å². The summed E-state index contributed by atoms with van der Waals surface area (Å²) >= 11 is 3.38. The van der Waals surface area contributed by atoms with E-state index >= 15 is 0 Å². The largest absolute Gasteiger partial charge is 0.495 e. The Morgan fingerprint density at radius 3 is 2.86 bits per heavy atom. The van der Waals surface area contributed by atoms with Gasteiger partial charge in [0, 0.05) is 4.47 Å². The number of carbonyl (C=O) groups is 1. The molecule has 0 saturated heterocycles. The van der Waals surface area contributed by atoms with Gasteiger partial charge in [-0.1, -0.05) is 15.9 Å². The summed E-state index contributed by atoms with van der Waals surface area (Å²) in [6.07, 6.45) is 1.99. The molecule has 1 aromatic carbocycles. The van der Waals surface area contributed by atoms with E-state index in [1.54, 1.807) is 14.0 Å². The van der Waals surface area contributed by atoms with Gasteiger partial charge in [-0.25, -0.2) is 0 Å². The van der Waals surface area contributed by atoms with Gasteiger partial charge < -0.3 is 15.4 Å². The number of halogens is 1. The third-order valence-electron chi connectivity index (χ3n) is 3.63. The number of nitrogens with one attached hydrogen (secondary N) is 2. The van der Waals surface area contributed by atoms with Gasteiger partial charge >= 0.3 is 0 Å². The number of nitrogens with zero attached hydrogens (tertiary/aromatic N) is 1. The molecule has 1 amide bonds. The van der Waals surface area contributed by atoms with Gasteiger partial charge in [0.2, 0.25) is 5.91 Å². The summed E-state index contributed by atoms with van der Waals surface area (Å²) in [4.78, 5) is 12.0. The Labute approximate surface area is 132 Å². The first-order chi connectivity index (χ1) is 9.98. The second-order valence-corrected chi connectivity index (χ2v) is 6.25. The number of rotatable bonds is 6. The fourth-order valence-electron chi connectivity index (χ4n) is 2.21. The van der Waals surface area contributed by atoms with Crippen molar-refractivity contribution in [3.05, 3.63) is 22.7 Å². The summed E-state index contributed by atoms with van der Waals surface area (Å²) in [5, 5.41) is 15.1. The van der Waals surface area contributed by atoms with Crippen molar-refractivity contribution < 1.29 is 9.53 Å². The Bertz CT molecular complexity index is 581. The van der Waals surface area contributed by atoms with E-state index in [1.165, 1.54) is 0 Å². The van der Waals surface area contributed by atoms with Crippen LogP contribution in [0.4, 0.5) is 5.69 Å². The molecule has 21 heavy (non-hydrogen) atoms. The van der Waals surface area contributed by atoms with E-state index in [2.05, 4.69) is 32.6 Å². The van der Waals surface area contributed by atoms with Gasteiger partial charge in [-0.3, -0.25) is 4.79 Å². The van der Waals surface area contributed by atoms with Crippen molar-refractivity contribution in [1.82, 2.24) is 5.32 Å². The van der Waals surface area contributed by atoms with Crippen molar-refractivity contribution in [3.63, 3.8) is 0 Å². The Kier molecular flexibility index (Phi) is 4.73. The summed E-state index contributed by atoms with van der Waals surface area (Å²) in [6, 6.07) is 7.73. The second kappa shape index (κ2) is 6.35. The lowest BCUT2D eigenvalue weighted by Crippen LogP contribution is -2.48. The molecule has 1 aromatic rings. The predicted molar refractivity (Wildman–Crippen MR) is 84.1 cm³/mol. The Morgan fingerprint density at radius 1 is 1.57 bits per heavy atom. The zero-order valence-electron chi connectivity index (χ0n) is 12.1. The van der Waals surface area contributed by atoms with E-state index in [9.17, 15) is 10.1 Å². The number of methoxy groups -OCH3 is 1. The van der Waals surface area contributed by atoms with Crippen molar-refractivity contribution in [2.24, 2.45) is 5.92 Å². The summed E-state index contributed by atoms with van der Waals surface area (Å²) < 4.78 is 6.13. The summed E-state index contributed by atoms with van der Waals surface area (Å²) in [6.45, 7) is 1.87. The molecule has 0 bridgehead atoms. The van der Waals surface area contributed by atoms with Crippen LogP contribution in [0, 0.1) is 17.2 Å². The minimum atomic E-state index is -0.764. The molecule has 0 heterocycles. The van der Waals surface area contributed by atoms with Crippen molar-refractivity contribution in [2.45, 2.75) is 25.3 Å². The third-order valence-corrected chi connectivity index (χ3v) is 4.12. The fraction of sp³-hybridized carbons (Fsp3) is 0.467. The highest BCUT2D eigenvalue weighted by Crippen LogP contribution is 2.39. The van der Waals surface area contributed by atoms with Gasteiger partial charge in [0.05, 0.1) is 25.4 Å². The number of ether oxygens (including phenoxy) is 1. The van der Waals surface area contributed by atoms with Gasteiger partial charge in [0.15, 0.2) is 0 Å². The normalized spacial score (nSPS) is 16.5. The Balaban J connectivity index is 1.95. The first kappa shape index (κ1) is 15.6. The number of anilines is 1. The van der Waals surface area contributed by atoms with Crippen molar-refractivity contribution in [1.29, 1.82) is 5.26 Å². The van der Waals surface area contributed by atoms with Crippen LogP contribution >= 0.6 is 15.9 Å². The second-order valence-electron chi connectivity index (χ2n) is 5.33. The average Bonchev–Trinajstić information content (AvgIpc) is 3.30. The smallest absolute Gasteiger partial charge is 0.240 e. The topological polar surface area (TPSA) is 74.2 Å². The fourth-order valence-corrected chi connectivity index (χ4v) is 2.57. The average molecular weight is 352 g/mol. The van der Waals surface area contributed by atoms with Crippen molar-refractivity contribution in [2.75, 3.05) is 19.0 Å². The maximum absolute atomic E-state index is 12.0. The van der Waals surface area contributed by atoms with Gasteiger partial charge in [-0.2, -0.15) is 5.26 Å². The van der Waals surface area contributed by atoms with E-state index in [4.69, 9.17) is 4.74 Å². The number of carbonyl (C=O) groups excluding carboxylic acids is 1. The predicted octanol–water partition coefficient (Wildman–Crippen LogP) is 2.68. The zero-order chi connectivity index (χ0) is 15.5. The monoisotopic (exact) mass is 351 g/mol. The number of nitriles is 1. The number of hydrogen-bond acceptors (Lipinski definition) is 4. The van der Waals surface area contributed by atoms with Crippen LogP contribution in [-0.4, -0.2) is 25.1 Å². The molecule has 2 N–H and O–H groups in total. The molecule has 112 valence electrons. The highest BCUT2D eigenvalue weighted by molar-refractivity contribution is 9.10. The number of amides is 1. The molecule has 0 aliphatic heterocycles. The zero-order valence-corrected chi connectivity index (χ0v) is 13.7. The van der Waals surface area contributed by atoms with Crippen molar-refractivity contribution >= 4 is 27.5 Å². The molecule has 0 radical (unpaired) electrons. The third kappa shape index (κ3) is 3.88. The Morgan fingerprint density at radius 2 is 2.29 bits per heavy atom. The maximum Gasteiger partial charge on any atom is 0.240 e. The van der Waals surface area contributed by atoms with Crippen LogP contribution in [-0.2, 0) is 4.79 Å². The lowest BCUT2D eigenvalue weighted by atomic mass is 9.98. The minimum Gasteiger partial charge on any atom is -0.495 e. The molecule has 5 nitrogen and oxygen atoms in total. The highest BCUT2D eigenvalue weighted by atomic mass is 79.9. The lowest BCUT2D eigenvalue weighted by molar-refractivity contribution is -0.120. The first-order valence-corrected chi connectivity index (χ1v) is 7.57. The van der Waals surface area contributed by atoms with Crippen molar-refractivity contribution in [3.8, 4) is 11.8 Å². The first-order valence-electron chi connectivity index (χ1n) is 6.78. The van der Waals surface area contributed by atoms with E-state index in [0.29, 0.717) is 5.75 Å². The van der Waals surface area contributed by atoms with Gasteiger partial charge in [-0.15, -0.1) is 0 Å². The molecule has 0 spiro atoms. The molecule has 2 rings (SSSR count). The van der Waals surface area contributed by atoms with E-state index < -0.39 is 5.54 Å². The van der Waals surface area contributed by atoms with Crippen LogP contribution in [0.3, 0.4) is 0 Å². The van der Waals surface area contributed by atoms with Crippen LogP contribution in [0.1, 0.15) is 19.8 Å². The summed E-state index contributed by atoms with van der Waals surface area (Å²) in [5.41, 5.74) is -0.0350. The maximum atomic E-state index is 12.0. The van der Waals surface area contributed by atoms with Gasteiger partial charge in [0.1, 0.15) is 11.3 Å². The molecule has 1 fully saturated rings. The van der Waals surface area contributed by atoms with Crippen LogP contribution in [0.25, 0.3) is 0 Å². The van der Waals surface area contributed by atoms with Crippen LogP contribution < -0.4 is 15.4 Å². The molecular formula is C15H18BrN3O2. The van der Waals surface area contributed by atoms with Gasteiger partial charge in [0.25, 0.3) is 0 Å². The molecule has 1 aliphatic carbocycles.